The predicted octanol–water partition coefficient (Wildman–Crippen LogP) is 2.17. The zero-order valence-corrected chi connectivity index (χ0v) is 13.0. The molecule has 2 atom stereocenters. The van der Waals surface area contributed by atoms with E-state index in [0.717, 1.165) is 32.4 Å². The van der Waals surface area contributed by atoms with Crippen LogP contribution in [0, 0.1) is 11.8 Å². The van der Waals surface area contributed by atoms with Crippen LogP contribution >= 0.6 is 0 Å². The molecule has 0 bridgehead atoms. The van der Waals surface area contributed by atoms with Crippen LogP contribution in [0.1, 0.15) is 52.4 Å². The Morgan fingerprint density at radius 1 is 1.30 bits per heavy atom. The molecule has 0 radical (unpaired) electrons. The first-order chi connectivity index (χ1) is 9.69. The lowest BCUT2D eigenvalue weighted by molar-refractivity contribution is -0.137. The van der Waals surface area contributed by atoms with Gasteiger partial charge >= 0.3 is 0 Å². The maximum absolute atomic E-state index is 12.5. The van der Waals surface area contributed by atoms with Crippen LogP contribution in [0.25, 0.3) is 0 Å². The monoisotopic (exact) mass is 282 g/mol. The molecule has 0 aromatic carbocycles. The van der Waals surface area contributed by atoms with Crippen molar-refractivity contribution in [3.05, 3.63) is 0 Å². The van der Waals surface area contributed by atoms with E-state index >= 15 is 0 Å². The third-order valence-corrected chi connectivity index (χ3v) is 5.04. The maximum Gasteiger partial charge on any atom is 0.223 e. The van der Waals surface area contributed by atoms with Crippen molar-refractivity contribution in [1.82, 2.24) is 4.90 Å². The first-order valence-corrected chi connectivity index (χ1v) is 8.30. The molecule has 2 rings (SSSR count). The molecule has 0 saturated heterocycles. The summed E-state index contributed by atoms with van der Waals surface area (Å²) in [5.41, 5.74) is 5.85. The topological polar surface area (TPSA) is 55.6 Å². The van der Waals surface area contributed by atoms with Crippen LogP contribution in [-0.4, -0.2) is 42.6 Å². The molecule has 4 nitrogen and oxygen atoms in total. The molecule has 1 amide bonds. The third kappa shape index (κ3) is 3.53. The van der Waals surface area contributed by atoms with Gasteiger partial charge < -0.3 is 15.4 Å². The highest BCUT2D eigenvalue weighted by molar-refractivity contribution is 5.77. The van der Waals surface area contributed by atoms with Gasteiger partial charge in [0, 0.05) is 25.6 Å². The van der Waals surface area contributed by atoms with Gasteiger partial charge in [0.05, 0.1) is 6.10 Å². The number of rotatable bonds is 7. The van der Waals surface area contributed by atoms with E-state index in [1.807, 2.05) is 6.92 Å². The number of hydrogen-bond acceptors (Lipinski definition) is 3. The highest BCUT2D eigenvalue weighted by Gasteiger charge is 2.36. The summed E-state index contributed by atoms with van der Waals surface area (Å²) in [7, 11) is 0. The average molecular weight is 282 g/mol. The normalized spacial score (nSPS) is 33.0. The molecule has 0 spiro atoms. The molecule has 2 aliphatic carbocycles. The number of carbonyl (C=O) groups excluding carboxylic acids is 1. The van der Waals surface area contributed by atoms with E-state index in [4.69, 9.17) is 10.5 Å². The molecule has 2 saturated carbocycles. The minimum Gasteiger partial charge on any atom is -0.378 e. The average Bonchev–Trinajstić information content (AvgIpc) is 2.85. The summed E-state index contributed by atoms with van der Waals surface area (Å²) in [5.74, 6) is 1.38. The van der Waals surface area contributed by atoms with E-state index in [1.54, 1.807) is 0 Å². The minimum absolute atomic E-state index is 0.331. The van der Waals surface area contributed by atoms with E-state index in [-0.39, 0.29) is 0 Å². The predicted molar refractivity (Wildman–Crippen MR) is 80.3 cm³/mol. The Labute approximate surface area is 123 Å². The standard InChI is InChI=1S/C16H30N2O2/c1-3-18(15-7-5-6-13(15)11-17)16(19)10-12-8-14(9-12)20-4-2/h12-15H,3-11,17H2,1-2H3. The first kappa shape index (κ1) is 15.8. The summed E-state index contributed by atoms with van der Waals surface area (Å²) < 4.78 is 5.57. The highest BCUT2D eigenvalue weighted by atomic mass is 16.5. The third-order valence-electron chi connectivity index (χ3n) is 5.04. The maximum atomic E-state index is 12.5. The van der Waals surface area contributed by atoms with Crippen LogP contribution in [0.3, 0.4) is 0 Å². The quantitative estimate of drug-likeness (QED) is 0.778. The van der Waals surface area contributed by atoms with E-state index in [9.17, 15) is 4.79 Å². The Hall–Kier alpha value is -0.610. The molecular weight excluding hydrogens is 252 g/mol. The summed E-state index contributed by atoms with van der Waals surface area (Å²) in [6, 6.07) is 0.389. The molecular formula is C16H30N2O2. The second-order valence-electron chi connectivity index (χ2n) is 6.29. The van der Waals surface area contributed by atoms with Crippen molar-refractivity contribution in [2.75, 3.05) is 19.7 Å². The summed E-state index contributed by atoms with van der Waals surface area (Å²) in [6.45, 7) is 6.44. The largest absolute Gasteiger partial charge is 0.378 e. The highest BCUT2D eigenvalue weighted by Crippen LogP contribution is 2.35. The summed E-state index contributed by atoms with van der Waals surface area (Å²) in [6.07, 6.45) is 6.74. The lowest BCUT2D eigenvalue weighted by Gasteiger charge is -2.37. The van der Waals surface area contributed by atoms with Crippen LogP contribution in [0.5, 0.6) is 0 Å². The molecule has 0 heterocycles. The van der Waals surface area contributed by atoms with Crippen LogP contribution < -0.4 is 5.73 Å². The fourth-order valence-corrected chi connectivity index (χ4v) is 3.88. The second-order valence-corrected chi connectivity index (χ2v) is 6.29. The van der Waals surface area contributed by atoms with Gasteiger partial charge in [-0.15, -0.1) is 0 Å². The van der Waals surface area contributed by atoms with Crippen molar-refractivity contribution in [3.63, 3.8) is 0 Å². The summed E-state index contributed by atoms with van der Waals surface area (Å²) in [4.78, 5) is 14.6. The number of ether oxygens (including phenoxy) is 1. The van der Waals surface area contributed by atoms with Gasteiger partial charge in [-0.1, -0.05) is 6.42 Å². The Kier molecular flexibility index (Phi) is 5.85. The Morgan fingerprint density at radius 3 is 2.65 bits per heavy atom. The molecule has 116 valence electrons. The zero-order valence-electron chi connectivity index (χ0n) is 13.0. The van der Waals surface area contributed by atoms with Gasteiger partial charge in [-0.05, 0) is 57.9 Å². The number of hydrogen-bond donors (Lipinski definition) is 1. The Balaban J connectivity index is 1.81. The van der Waals surface area contributed by atoms with Gasteiger partial charge in [-0.25, -0.2) is 0 Å². The van der Waals surface area contributed by atoms with E-state index < -0.39 is 0 Å². The molecule has 2 N–H and O–H groups in total. The fourth-order valence-electron chi connectivity index (χ4n) is 3.88. The number of nitrogens with zero attached hydrogens (tertiary/aromatic N) is 1. The van der Waals surface area contributed by atoms with Crippen molar-refractivity contribution < 1.29 is 9.53 Å². The van der Waals surface area contributed by atoms with E-state index in [1.165, 1.54) is 12.8 Å². The molecule has 0 aliphatic heterocycles. The van der Waals surface area contributed by atoms with Crippen molar-refractivity contribution in [2.24, 2.45) is 17.6 Å². The Bertz CT molecular complexity index is 316. The van der Waals surface area contributed by atoms with Crippen molar-refractivity contribution >= 4 is 5.91 Å². The first-order valence-electron chi connectivity index (χ1n) is 8.30. The van der Waals surface area contributed by atoms with Gasteiger partial charge in [0.25, 0.3) is 0 Å². The molecule has 0 aromatic heterocycles. The lowest BCUT2D eigenvalue weighted by Crippen LogP contribution is -2.45. The van der Waals surface area contributed by atoms with Crippen molar-refractivity contribution in [2.45, 2.75) is 64.5 Å². The number of nitrogens with two attached hydrogens (primary N) is 1. The molecule has 4 heteroatoms. The van der Waals surface area contributed by atoms with E-state index in [2.05, 4.69) is 11.8 Å². The van der Waals surface area contributed by atoms with Crippen LogP contribution in [-0.2, 0) is 9.53 Å². The molecule has 2 unspecified atom stereocenters. The summed E-state index contributed by atoms with van der Waals surface area (Å²) >= 11 is 0. The molecule has 2 aliphatic rings. The SMILES string of the molecule is CCOC1CC(CC(=O)N(CC)C2CCCC2CN)C1. The number of amides is 1. The smallest absolute Gasteiger partial charge is 0.223 e. The van der Waals surface area contributed by atoms with Crippen LogP contribution in [0.2, 0.25) is 0 Å². The Morgan fingerprint density at radius 2 is 2.05 bits per heavy atom. The van der Waals surface area contributed by atoms with E-state index in [0.29, 0.717) is 42.9 Å². The number of carbonyl (C=O) groups is 1. The lowest BCUT2D eigenvalue weighted by atomic mass is 9.79. The molecule has 2 fully saturated rings. The van der Waals surface area contributed by atoms with Gasteiger partial charge in [-0.3, -0.25) is 4.79 Å². The van der Waals surface area contributed by atoms with Crippen molar-refractivity contribution in [3.8, 4) is 0 Å². The van der Waals surface area contributed by atoms with Gasteiger partial charge in [0.2, 0.25) is 5.91 Å². The van der Waals surface area contributed by atoms with Gasteiger partial charge in [-0.2, -0.15) is 0 Å². The van der Waals surface area contributed by atoms with Crippen molar-refractivity contribution in [1.29, 1.82) is 0 Å². The molecule has 0 aromatic rings. The minimum atomic E-state index is 0.331. The zero-order chi connectivity index (χ0) is 14.5. The molecule has 20 heavy (non-hydrogen) atoms. The van der Waals surface area contributed by atoms with Crippen LogP contribution in [0.4, 0.5) is 0 Å². The second kappa shape index (κ2) is 7.41. The summed E-state index contributed by atoms with van der Waals surface area (Å²) in [5, 5.41) is 0. The van der Waals surface area contributed by atoms with Gasteiger partial charge in [0.15, 0.2) is 0 Å². The van der Waals surface area contributed by atoms with Crippen LogP contribution in [0.15, 0.2) is 0 Å². The van der Waals surface area contributed by atoms with Gasteiger partial charge in [0.1, 0.15) is 0 Å². The fraction of sp³-hybridized carbons (Fsp3) is 0.938.